The van der Waals surface area contributed by atoms with Crippen molar-refractivity contribution in [2.24, 2.45) is 0 Å². The van der Waals surface area contributed by atoms with E-state index in [-0.39, 0.29) is 18.0 Å². The molecule has 3 rings (SSSR count). The van der Waals surface area contributed by atoms with Gasteiger partial charge in [0, 0.05) is 48.4 Å². The Bertz CT molecular complexity index is 701. The Morgan fingerprint density at radius 1 is 1.38 bits per heavy atom. The maximum Gasteiger partial charge on any atom is 0.241 e. The molecule has 2 aromatic heterocycles. The van der Waals surface area contributed by atoms with Crippen LogP contribution in [0, 0.1) is 6.92 Å². The molecule has 1 aliphatic heterocycles. The highest BCUT2D eigenvalue weighted by molar-refractivity contribution is 7.12. The van der Waals surface area contributed by atoms with E-state index in [0.717, 1.165) is 12.0 Å². The summed E-state index contributed by atoms with van der Waals surface area (Å²) in [7, 11) is 3.58. The predicted octanol–water partition coefficient (Wildman–Crippen LogP) is 1.45. The van der Waals surface area contributed by atoms with Gasteiger partial charge in [0.2, 0.25) is 11.9 Å². The van der Waals surface area contributed by atoms with Crippen molar-refractivity contribution in [1.29, 1.82) is 0 Å². The maximum absolute atomic E-state index is 12.6. The molecule has 7 nitrogen and oxygen atoms in total. The van der Waals surface area contributed by atoms with Crippen LogP contribution in [0.1, 0.15) is 27.8 Å². The zero-order valence-corrected chi connectivity index (χ0v) is 14.9. The first-order valence-electron chi connectivity index (χ1n) is 7.88. The van der Waals surface area contributed by atoms with Crippen molar-refractivity contribution < 1.29 is 4.79 Å². The molecule has 0 aliphatic carbocycles. The Kier molecular flexibility index (Phi) is 5.08. The van der Waals surface area contributed by atoms with Gasteiger partial charge in [0.15, 0.2) is 0 Å². The van der Waals surface area contributed by atoms with E-state index in [2.05, 4.69) is 45.2 Å². The lowest BCUT2D eigenvalue weighted by Gasteiger charge is -2.20. The van der Waals surface area contributed by atoms with Crippen molar-refractivity contribution in [1.82, 2.24) is 25.7 Å². The number of hydrazine groups is 1. The molecule has 1 amide bonds. The molecule has 2 atom stereocenters. The molecular formula is C16H22N6OS. The molecular weight excluding hydrogens is 324 g/mol. The minimum Gasteiger partial charge on any atom is -0.357 e. The molecule has 0 spiro atoms. The van der Waals surface area contributed by atoms with E-state index < -0.39 is 0 Å². The SMILES string of the molecule is CNc1ncc(CN(C)C(=O)C2CC(c3ccc(C)s3)NN2)cn1. The first-order chi connectivity index (χ1) is 11.6. The van der Waals surface area contributed by atoms with E-state index in [9.17, 15) is 4.79 Å². The van der Waals surface area contributed by atoms with Gasteiger partial charge in [-0.3, -0.25) is 4.79 Å². The minimum absolute atomic E-state index is 0.0657. The molecule has 0 saturated carbocycles. The molecule has 2 unspecified atom stereocenters. The molecule has 24 heavy (non-hydrogen) atoms. The Morgan fingerprint density at radius 2 is 2.12 bits per heavy atom. The van der Waals surface area contributed by atoms with Gasteiger partial charge in [-0.05, 0) is 25.5 Å². The third-order valence-electron chi connectivity index (χ3n) is 4.03. The van der Waals surface area contributed by atoms with Gasteiger partial charge in [-0.2, -0.15) is 0 Å². The fourth-order valence-electron chi connectivity index (χ4n) is 2.73. The Morgan fingerprint density at radius 3 is 2.75 bits per heavy atom. The number of hydrogen-bond donors (Lipinski definition) is 3. The average molecular weight is 346 g/mol. The average Bonchev–Trinajstić information content (AvgIpc) is 3.23. The number of amides is 1. The molecule has 2 aromatic rings. The third-order valence-corrected chi connectivity index (χ3v) is 5.15. The summed E-state index contributed by atoms with van der Waals surface area (Å²) in [6.07, 6.45) is 4.22. The van der Waals surface area contributed by atoms with Gasteiger partial charge >= 0.3 is 0 Å². The number of thiophene rings is 1. The van der Waals surface area contributed by atoms with Crippen LogP contribution in [0.15, 0.2) is 24.5 Å². The number of aromatic nitrogens is 2. The van der Waals surface area contributed by atoms with Crippen LogP contribution >= 0.6 is 11.3 Å². The van der Waals surface area contributed by atoms with Crippen molar-refractivity contribution in [3.8, 4) is 0 Å². The van der Waals surface area contributed by atoms with Crippen LogP contribution < -0.4 is 16.2 Å². The highest BCUT2D eigenvalue weighted by Gasteiger charge is 2.32. The normalized spacial score (nSPS) is 20.1. The Labute approximate surface area is 145 Å². The maximum atomic E-state index is 12.6. The third kappa shape index (κ3) is 3.72. The molecule has 1 fully saturated rings. The van der Waals surface area contributed by atoms with Gasteiger partial charge in [0.1, 0.15) is 6.04 Å². The first-order valence-corrected chi connectivity index (χ1v) is 8.69. The number of likely N-dealkylation sites (N-methyl/N-ethyl adjacent to an activating group) is 1. The van der Waals surface area contributed by atoms with Crippen molar-refractivity contribution in [3.63, 3.8) is 0 Å². The Hall–Kier alpha value is -2.03. The number of carbonyl (C=O) groups is 1. The Balaban J connectivity index is 1.57. The van der Waals surface area contributed by atoms with E-state index in [0.29, 0.717) is 12.5 Å². The summed E-state index contributed by atoms with van der Waals surface area (Å²) in [5, 5.41) is 2.88. The number of hydrogen-bond acceptors (Lipinski definition) is 7. The number of aryl methyl sites for hydroxylation is 1. The zero-order chi connectivity index (χ0) is 17.1. The van der Waals surface area contributed by atoms with Gasteiger partial charge in [0.25, 0.3) is 0 Å². The minimum atomic E-state index is -0.222. The summed E-state index contributed by atoms with van der Waals surface area (Å²) in [4.78, 5) is 25.2. The highest BCUT2D eigenvalue weighted by atomic mass is 32.1. The fraction of sp³-hybridized carbons (Fsp3) is 0.438. The van der Waals surface area contributed by atoms with Gasteiger partial charge in [0.05, 0.1) is 6.04 Å². The van der Waals surface area contributed by atoms with Crippen LogP contribution in [0.5, 0.6) is 0 Å². The summed E-state index contributed by atoms with van der Waals surface area (Å²) in [5.74, 6) is 0.638. The van der Waals surface area contributed by atoms with E-state index in [1.165, 1.54) is 9.75 Å². The lowest BCUT2D eigenvalue weighted by molar-refractivity contribution is -0.132. The second-order valence-corrected chi connectivity index (χ2v) is 7.26. The van der Waals surface area contributed by atoms with Crippen LogP contribution in [-0.2, 0) is 11.3 Å². The van der Waals surface area contributed by atoms with Crippen LogP contribution in [0.2, 0.25) is 0 Å². The number of nitrogens with zero attached hydrogens (tertiary/aromatic N) is 3. The topological polar surface area (TPSA) is 82.2 Å². The molecule has 3 heterocycles. The van der Waals surface area contributed by atoms with Crippen molar-refractivity contribution in [2.75, 3.05) is 19.4 Å². The van der Waals surface area contributed by atoms with Crippen molar-refractivity contribution in [3.05, 3.63) is 39.8 Å². The largest absolute Gasteiger partial charge is 0.357 e. The van der Waals surface area contributed by atoms with Crippen molar-refractivity contribution >= 4 is 23.2 Å². The lowest BCUT2D eigenvalue weighted by atomic mass is 10.1. The van der Waals surface area contributed by atoms with Gasteiger partial charge in [-0.15, -0.1) is 11.3 Å². The van der Waals surface area contributed by atoms with Crippen LogP contribution in [0.3, 0.4) is 0 Å². The number of anilines is 1. The molecule has 3 N–H and O–H groups in total. The first kappa shape index (κ1) is 16.8. The fourth-order valence-corrected chi connectivity index (χ4v) is 3.67. The summed E-state index contributed by atoms with van der Waals surface area (Å²) in [6, 6.07) is 4.19. The van der Waals surface area contributed by atoms with E-state index >= 15 is 0 Å². The summed E-state index contributed by atoms with van der Waals surface area (Å²) in [5.41, 5.74) is 7.26. The molecule has 0 aromatic carbocycles. The molecule has 1 aliphatic rings. The zero-order valence-electron chi connectivity index (χ0n) is 14.0. The van der Waals surface area contributed by atoms with Crippen LogP contribution in [0.25, 0.3) is 0 Å². The summed E-state index contributed by atoms with van der Waals surface area (Å²) < 4.78 is 0. The number of nitrogens with one attached hydrogen (secondary N) is 3. The van der Waals surface area contributed by atoms with E-state index in [1.54, 1.807) is 42.7 Å². The van der Waals surface area contributed by atoms with Gasteiger partial charge in [-0.25, -0.2) is 20.8 Å². The second-order valence-electron chi connectivity index (χ2n) is 5.94. The highest BCUT2D eigenvalue weighted by Crippen LogP contribution is 2.28. The van der Waals surface area contributed by atoms with Crippen molar-refractivity contribution in [2.45, 2.75) is 32.0 Å². The molecule has 128 valence electrons. The predicted molar refractivity (Wildman–Crippen MR) is 94.5 cm³/mol. The van der Waals surface area contributed by atoms with Crippen LogP contribution in [-0.4, -0.2) is 40.9 Å². The lowest BCUT2D eigenvalue weighted by Crippen LogP contribution is -2.43. The number of carbonyl (C=O) groups excluding carboxylic acids is 1. The summed E-state index contributed by atoms with van der Waals surface area (Å²) >= 11 is 1.76. The van der Waals surface area contributed by atoms with E-state index in [1.807, 2.05) is 0 Å². The standard InChI is InChI=1S/C16H22N6OS/c1-10-4-5-14(24-10)12-6-13(21-20-12)15(23)22(3)9-11-7-18-16(17-2)19-8-11/h4-5,7-8,12-13,20-21H,6,9H2,1-3H3,(H,17,18,19). The molecule has 1 saturated heterocycles. The smallest absolute Gasteiger partial charge is 0.241 e. The monoisotopic (exact) mass is 346 g/mol. The van der Waals surface area contributed by atoms with E-state index in [4.69, 9.17) is 0 Å². The molecule has 0 bridgehead atoms. The van der Waals surface area contributed by atoms with Gasteiger partial charge in [-0.1, -0.05) is 0 Å². The molecule has 8 heteroatoms. The summed E-state index contributed by atoms with van der Waals surface area (Å²) in [6.45, 7) is 2.58. The number of rotatable bonds is 5. The van der Waals surface area contributed by atoms with Gasteiger partial charge < -0.3 is 10.2 Å². The van der Waals surface area contributed by atoms with Crippen LogP contribution in [0.4, 0.5) is 5.95 Å². The molecule has 0 radical (unpaired) electrons. The quantitative estimate of drug-likeness (QED) is 0.760. The second kappa shape index (κ2) is 7.25.